The second-order valence-corrected chi connectivity index (χ2v) is 4.23. The number of carbonyl (C=O) groups excluding carboxylic acids is 1. The average Bonchev–Trinajstić information content (AvgIpc) is 2.89. The maximum absolute atomic E-state index is 11.9. The van der Waals surface area contributed by atoms with Crippen LogP contribution in [0.2, 0.25) is 0 Å². The van der Waals surface area contributed by atoms with Crippen LogP contribution in [-0.4, -0.2) is 15.4 Å². The maximum Gasteiger partial charge on any atom is 0.183 e. The predicted molar refractivity (Wildman–Crippen MR) is 60.6 cm³/mol. The summed E-state index contributed by atoms with van der Waals surface area (Å²) in [6, 6.07) is 3.58. The largest absolute Gasteiger partial charge is 0.469 e. The van der Waals surface area contributed by atoms with Crippen LogP contribution in [-0.2, 0) is 12.8 Å². The third-order valence-electron chi connectivity index (χ3n) is 2.21. The zero-order chi connectivity index (χ0) is 11.4. The first-order valence-electron chi connectivity index (χ1n) is 5.18. The molecule has 0 unspecified atom stereocenters. The fourth-order valence-corrected chi connectivity index (χ4v) is 2.12. The van der Waals surface area contributed by atoms with Gasteiger partial charge in [0.25, 0.3) is 0 Å². The van der Waals surface area contributed by atoms with Crippen molar-refractivity contribution in [1.29, 1.82) is 0 Å². The number of rotatable bonds is 5. The Balaban J connectivity index is 2.11. The van der Waals surface area contributed by atoms with Crippen molar-refractivity contribution in [2.45, 2.75) is 26.2 Å². The van der Waals surface area contributed by atoms with Crippen molar-refractivity contribution in [2.75, 3.05) is 0 Å². The Labute approximate surface area is 97.5 Å². The minimum Gasteiger partial charge on any atom is -0.469 e. The predicted octanol–water partition coefficient (Wildman–Crippen LogP) is 2.51. The van der Waals surface area contributed by atoms with Gasteiger partial charge in [-0.2, -0.15) is 0 Å². The van der Waals surface area contributed by atoms with Crippen molar-refractivity contribution >= 4 is 17.3 Å². The maximum atomic E-state index is 11.9. The van der Waals surface area contributed by atoms with E-state index < -0.39 is 0 Å². The van der Waals surface area contributed by atoms with Gasteiger partial charge < -0.3 is 4.42 Å². The molecule has 0 bridgehead atoms. The van der Waals surface area contributed by atoms with Crippen molar-refractivity contribution in [3.8, 4) is 0 Å². The normalized spacial score (nSPS) is 10.6. The lowest BCUT2D eigenvalue weighted by atomic mass is 10.1. The number of Topliss-reactive ketones (excluding diaryl/α,β-unsaturated/α-hetero) is 1. The summed E-state index contributed by atoms with van der Waals surface area (Å²) in [6.07, 6.45) is 3.62. The van der Waals surface area contributed by atoms with Crippen molar-refractivity contribution in [2.24, 2.45) is 0 Å². The van der Waals surface area contributed by atoms with Crippen LogP contribution in [0.5, 0.6) is 0 Å². The molecule has 0 saturated carbocycles. The summed E-state index contributed by atoms with van der Waals surface area (Å²) in [5.74, 6) is 0.717. The van der Waals surface area contributed by atoms with Crippen molar-refractivity contribution in [3.05, 3.63) is 34.7 Å². The van der Waals surface area contributed by atoms with Crippen LogP contribution < -0.4 is 0 Å². The van der Waals surface area contributed by atoms with Crippen LogP contribution in [0.15, 0.2) is 22.8 Å². The van der Waals surface area contributed by atoms with Gasteiger partial charge >= 0.3 is 0 Å². The summed E-state index contributed by atoms with van der Waals surface area (Å²) >= 11 is 1.17. The number of nitrogens with zero attached hydrogens (tertiary/aromatic N) is 2. The van der Waals surface area contributed by atoms with Crippen molar-refractivity contribution in [1.82, 2.24) is 9.59 Å². The molecule has 84 valence electrons. The first-order chi connectivity index (χ1) is 7.81. The molecule has 2 aromatic heterocycles. The number of hydrogen-bond acceptors (Lipinski definition) is 5. The molecule has 0 aliphatic heterocycles. The van der Waals surface area contributed by atoms with Gasteiger partial charge in [-0.25, -0.2) is 0 Å². The van der Waals surface area contributed by atoms with Gasteiger partial charge in [-0.1, -0.05) is 17.8 Å². The summed E-state index contributed by atoms with van der Waals surface area (Å²) in [5.41, 5.74) is 0.809. The summed E-state index contributed by atoms with van der Waals surface area (Å²) in [7, 11) is 0. The van der Waals surface area contributed by atoms with E-state index in [0.717, 1.165) is 18.5 Å². The quantitative estimate of drug-likeness (QED) is 0.748. The second kappa shape index (κ2) is 5.03. The van der Waals surface area contributed by atoms with Crippen LogP contribution in [0.3, 0.4) is 0 Å². The molecule has 0 amide bonds. The number of aryl methyl sites for hydroxylation is 1. The highest BCUT2D eigenvalue weighted by atomic mass is 32.1. The molecule has 0 aliphatic carbocycles. The van der Waals surface area contributed by atoms with Gasteiger partial charge in [0, 0.05) is 0 Å². The molecular weight excluding hydrogens is 224 g/mol. The monoisotopic (exact) mass is 236 g/mol. The lowest BCUT2D eigenvalue weighted by molar-refractivity contribution is 0.0990. The molecule has 0 fully saturated rings. The summed E-state index contributed by atoms with van der Waals surface area (Å²) in [4.78, 5) is 12.6. The molecule has 2 rings (SSSR count). The van der Waals surface area contributed by atoms with E-state index in [0.29, 0.717) is 10.6 Å². The second-order valence-electron chi connectivity index (χ2n) is 3.48. The van der Waals surface area contributed by atoms with Gasteiger partial charge in [0.2, 0.25) is 0 Å². The number of hydrogen-bond donors (Lipinski definition) is 0. The molecule has 0 aliphatic rings. The minimum atomic E-state index is 0.0356. The molecule has 0 N–H and O–H groups in total. The lowest BCUT2D eigenvalue weighted by Gasteiger charge is -1.97. The first-order valence-corrected chi connectivity index (χ1v) is 5.95. The fourth-order valence-electron chi connectivity index (χ4n) is 1.47. The van der Waals surface area contributed by atoms with E-state index >= 15 is 0 Å². The Morgan fingerprint density at radius 2 is 2.44 bits per heavy atom. The van der Waals surface area contributed by atoms with E-state index in [2.05, 4.69) is 16.5 Å². The van der Waals surface area contributed by atoms with Gasteiger partial charge in [0.1, 0.15) is 10.6 Å². The Morgan fingerprint density at radius 3 is 3.12 bits per heavy atom. The smallest absolute Gasteiger partial charge is 0.183 e. The topological polar surface area (TPSA) is 56.0 Å². The Kier molecular flexibility index (Phi) is 3.46. The van der Waals surface area contributed by atoms with Gasteiger partial charge in [-0.3, -0.25) is 4.79 Å². The van der Waals surface area contributed by atoms with Crippen LogP contribution >= 0.6 is 11.5 Å². The number of ketones is 1. The van der Waals surface area contributed by atoms with Gasteiger partial charge in [0.15, 0.2) is 5.78 Å². The Morgan fingerprint density at radius 1 is 1.56 bits per heavy atom. The van der Waals surface area contributed by atoms with E-state index in [1.54, 1.807) is 18.4 Å². The van der Waals surface area contributed by atoms with Crippen LogP contribution in [0.25, 0.3) is 0 Å². The van der Waals surface area contributed by atoms with Crippen molar-refractivity contribution < 1.29 is 9.21 Å². The highest BCUT2D eigenvalue weighted by molar-refractivity contribution is 7.08. The van der Waals surface area contributed by atoms with Gasteiger partial charge in [0.05, 0.1) is 18.4 Å². The minimum absolute atomic E-state index is 0.0356. The third kappa shape index (κ3) is 2.36. The van der Waals surface area contributed by atoms with Crippen LogP contribution in [0, 0.1) is 0 Å². The van der Waals surface area contributed by atoms with Gasteiger partial charge in [-0.15, -0.1) is 5.10 Å². The molecule has 0 aromatic carbocycles. The van der Waals surface area contributed by atoms with E-state index in [4.69, 9.17) is 4.42 Å². The van der Waals surface area contributed by atoms with E-state index in [9.17, 15) is 4.79 Å². The number of carbonyl (C=O) groups is 1. The van der Waals surface area contributed by atoms with Crippen LogP contribution in [0.1, 0.15) is 34.5 Å². The average molecular weight is 236 g/mol. The molecule has 5 heteroatoms. The molecule has 2 aromatic rings. The molecule has 0 atom stereocenters. The lowest BCUT2D eigenvalue weighted by Crippen LogP contribution is -2.04. The molecule has 0 saturated heterocycles. The van der Waals surface area contributed by atoms with E-state index in [1.165, 1.54) is 11.5 Å². The van der Waals surface area contributed by atoms with E-state index in [1.807, 2.05) is 0 Å². The zero-order valence-corrected chi connectivity index (χ0v) is 9.79. The Hall–Kier alpha value is -1.49. The van der Waals surface area contributed by atoms with Crippen LogP contribution in [0.4, 0.5) is 0 Å². The number of furan rings is 1. The highest BCUT2D eigenvalue weighted by Gasteiger charge is 2.16. The molecule has 0 radical (unpaired) electrons. The first kappa shape index (κ1) is 11.0. The van der Waals surface area contributed by atoms with Gasteiger partial charge in [-0.05, 0) is 30.1 Å². The fraction of sp³-hybridized carbons (Fsp3) is 0.364. The highest BCUT2D eigenvalue weighted by Crippen LogP contribution is 2.16. The third-order valence-corrected chi connectivity index (χ3v) is 3.02. The van der Waals surface area contributed by atoms with E-state index in [-0.39, 0.29) is 12.2 Å². The molecule has 4 nitrogen and oxygen atoms in total. The Bertz CT molecular complexity index is 462. The molecule has 0 spiro atoms. The standard InChI is InChI=1S/C11H12N2O2S/c1-2-4-9-11(16-13-12-9)10(14)7-8-5-3-6-15-8/h3,5-6H,2,4,7H2,1H3. The molecule has 2 heterocycles. The number of aromatic nitrogens is 2. The summed E-state index contributed by atoms with van der Waals surface area (Å²) < 4.78 is 8.98. The van der Waals surface area contributed by atoms with Crippen molar-refractivity contribution in [3.63, 3.8) is 0 Å². The summed E-state index contributed by atoms with van der Waals surface area (Å²) in [6.45, 7) is 2.06. The summed E-state index contributed by atoms with van der Waals surface area (Å²) in [5, 5.41) is 3.97. The zero-order valence-electron chi connectivity index (χ0n) is 8.97. The SMILES string of the molecule is CCCc1nnsc1C(=O)Cc1ccco1. The molecular formula is C11H12N2O2S. The molecule has 16 heavy (non-hydrogen) atoms.